The number of rotatable bonds is 5. The van der Waals surface area contributed by atoms with Gasteiger partial charge in [0.1, 0.15) is 11.4 Å². The fourth-order valence-corrected chi connectivity index (χ4v) is 4.98. The van der Waals surface area contributed by atoms with Crippen molar-refractivity contribution in [1.82, 2.24) is 35.0 Å². The van der Waals surface area contributed by atoms with Crippen LogP contribution in [-0.4, -0.2) is 49.1 Å². The molecule has 6 rings (SSSR count). The highest BCUT2D eigenvalue weighted by molar-refractivity contribution is 7.14. The van der Waals surface area contributed by atoms with Crippen molar-refractivity contribution in [3.05, 3.63) is 71.5 Å². The maximum atomic E-state index is 15.9. The van der Waals surface area contributed by atoms with Crippen LogP contribution in [0.1, 0.15) is 5.56 Å². The quantitative estimate of drug-likeness (QED) is 0.329. The highest BCUT2D eigenvalue weighted by Crippen LogP contribution is 2.36. The Morgan fingerprint density at radius 2 is 1.89 bits per heavy atom. The topological polar surface area (TPSA) is 86.4 Å². The van der Waals surface area contributed by atoms with E-state index in [1.807, 2.05) is 43.3 Å². The zero-order valence-electron chi connectivity index (χ0n) is 18.8. The van der Waals surface area contributed by atoms with Crippen LogP contribution in [0.2, 0.25) is 0 Å². The van der Waals surface area contributed by atoms with Gasteiger partial charge in [-0.25, -0.2) is 9.37 Å². The van der Waals surface area contributed by atoms with Crippen LogP contribution in [0.25, 0.3) is 55.2 Å². The first-order valence-corrected chi connectivity index (χ1v) is 11.7. The normalized spacial score (nSPS) is 11.8. The van der Waals surface area contributed by atoms with E-state index in [2.05, 4.69) is 25.1 Å². The summed E-state index contributed by atoms with van der Waals surface area (Å²) in [5.41, 5.74) is 4.74. The van der Waals surface area contributed by atoms with E-state index in [1.54, 1.807) is 24.7 Å². The Balaban J connectivity index is 1.49. The lowest BCUT2D eigenvalue weighted by molar-refractivity contribution is 0.402. The summed E-state index contributed by atoms with van der Waals surface area (Å²) in [5, 5.41) is 7.22. The predicted molar refractivity (Wildman–Crippen MR) is 133 cm³/mol. The molecule has 0 saturated heterocycles. The van der Waals surface area contributed by atoms with E-state index in [1.165, 1.54) is 6.07 Å². The highest BCUT2D eigenvalue weighted by Gasteiger charge is 2.21. The Kier molecular flexibility index (Phi) is 5.12. The number of hydrogen-bond donors (Lipinski definition) is 2. The van der Waals surface area contributed by atoms with Crippen molar-refractivity contribution in [3.63, 3.8) is 0 Å². The minimum Gasteiger partial charge on any atom is -0.337 e. The molecule has 5 heterocycles. The lowest BCUT2D eigenvalue weighted by Crippen LogP contribution is -2.10. The number of thiophene rings is 1. The summed E-state index contributed by atoms with van der Waals surface area (Å²) in [5.74, 6) is -0.0951. The van der Waals surface area contributed by atoms with E-state index in [-0.39, 0.29) is 16.2 Å². The van der Waals surface area contributed by atoms with Crippen LogP contribution in [0, 0.1) is 10.9 Å². The second kappa shape index (κ2) is 8.33. The maximum absolute atomic E-state index is 15.9. The van der Waals surface area contributed by atoms with Gasteiger partial charge < -0.3 is 9.88 Å². The van der Waals surface area contributed by atoms with E-state index in [0.29, 0.717) is 34.7 Å². The molecule has 7 nitrogen and oxygen atoms in total. The molecule has 2 N–H and O–H groups in total. The Morgan fingerprint density at radius 3 is 2.69 bits per heavy atom. The molecule has 35 heavy (non-hydrogen) atoms. The second-order valence-corrected chi connectivity index (χ2v) is 9.53. The van der Waals surface area contributed by atoms with Crippen molar-refractivity contribution < 1.29 is 8.78 Å². The molecule has 10 heteroatoms. The van der Waals surface area contributed by atoms with Gasteiger partial charge in [0.25, 0.3) is 0 Å². The number of nitrogens with one attached hydrogen (secondary N) is 2. The van der Waals surface area contributed by atoms with Gasteiger partial charge in [0, 0.05) is 34.9 Å². The number of hydrogen-bond acceptors (Lipinski definition) is 6. The number of halogens is 2. The summed E-state index contributed by atoms with van der Waals surface area (Å²) >= 11 is 1.05. The van der Waals surface area contributed by atoms with E-state index < -0.39 is 5.82 Å². The first-order chi connectivity index (χ1) is 17.0. The average Bonchev–Trinajstić information content (AvgIpc) is 3.56. The van der Waals surface area contributed by atoms with E-state index in [0.717, 1.165) is 32.9 Å². The molecular formula is C25H19F2N7S. The first-order valence-electron chi connectivity index (χ1n) is 10.8. The molecule has 0 radical (unpaired) electrons. The summed E-state index contributed by atoms with van der Waals surface area (Å²) < 4.78 is 29.5. The number of pyridine rings is 2. The van der Waals surface area contributed by atoms with Gasteiger partial charge in [-0.05, 0) is 43.9 Å². The lowest BCUT2D eigenvalue weighted by Gasteiger charge is -2.10. The van der Waals surface area contributed by atoms with Crippen LogP contribution in [-0.2, 0) is 6.54 Å². The molecule has 0 amide bonds. The molecule has 5 aromatic heterocycles. The molecule has 0 bridgehead atoms. The van der Waals surface area contributed by atoms with Crippen molar-refractivity contribution in [2.24, 2.45) is 0 Å². The fraction of sp³-hybridized carbons (Fsp3) is 0.120. The SMILES string of the molecule is CN(C)Cc1cncc(-c2ncc3[nH]nc(-c4nc5c(-c6ccc(F)s6)cccc5[nH]4)c3c2F)c1. The number of para-hydroxylation sites is 1. The van der Waals surface area contributed by atoms with E-state index in [4.69, 9.17) is 4.98 Å². The standard InChI is InChI=1S/C25H19F2N7S/c1-34(2)12-13-8-14(10-28-9-13)22-21(27)20-17(11-29-22)32-33-24(20)25-30-16-5-3-4-15(23(16)31-25)18-6-7-19(26)35-18/h3-11H,12H2,1-2H3,(H,30,31)(H,32,33). The molecule has 6 aromatic rings. The zero-order valence-corrected chi connectivity index (χ0v) is 19.6. The minimum atomic E-state index is -0.504. The number of fused-ring (bicyclic) bond motifs is 2. The zero-order chi connectivity index (χ0) is 24.1. The van der Waals surface area contributed by atoms with Crippen LogP contribution in [0.3, 0.4) is 0 Å². The summed E-state index contributed by atoms with van der Waals surface area (Å²) in [4.78, 5) is 19.3. The van der Waals surface area contributed by atoms with Gasteiger partial charge in [-0.2, -0.15) is 9.49 Å². The third kappa shape index (κ3) is 3.76. The van der Waals surface area contributed by atoms with Crippen LogP contribution in [0.4, 0.5) is 8.78 Å². The lowest BCUT2D eigenvalue weighted by atomic mass is 10.1. The number of benzene rings is 1. The molecule has 0 unspecified atom stereocenters. The summed E-state index contributed by atoms with van der Waals surface area (Å²) in [7, 11) is 3.92. The fourth-order valence-electron chi connectivity index (χ4n) is 4.22. The van der Waals surface area contributed by atoms with Gasteiger partial charge in [-0.1, -0.05) is 12.1 Å². The number of aromatic nitrogens is 6. The molecule has 0 atom stereocenters. The van der Waals surface area contributed by atoms with Crippen molar-refractivity contribution in [1.29, 1.82) is 0 Å². The molecule has 0 aliphatic carbocycles. The number of aromatic amines is 2. The third-order valence-electron chi connectivity index (χ3n) is 5.69. The van der Waals surface area contributed by atoms with E-state index >= 15 is 4.39 Å². The van der Waals surface area contributed by atoms with Gasteiger partial charge in [0.15, 0.2) is 16.8 Å². The molecule has 0 aliphatic heterocycles. The molecule has 174 valence electrons. The van der Waals surface area contributed by atoms with Gasteiger partial charge in [0.2, 0.25) is 0 Å². The van der Waals surface area contributed by atoms with Crippen LogP contribution >= 0.6 is 11.3 Å². The summed E-state index contributed by atoms with van der Waals surface area (Å²) in [6.45, 7) is 0.678. The maximum Gasteiger partial charge on any atom is 0.176 e. The highest BCUT2D eigenvalue weighted by atomic mass is 32.1. The summed E-state index contributed by atoms with van der Waals surface area (Å²) in [6, 6.07) is 10.7. The Morgan fingerprint density at radius 1 is 1.00 bits per heavy atom. The smallest absolute Gasteiger partial charge is 0.176 e. The van der Waals surface area contributed by atoms with E-state index in [9.17, 15) is 4.39 Å². The molecule has 0 fully saturated rings. The molecule has 0 spiro atoms. The predicted octanol–water partition coefficient (Wildman–Crippen LogP) is 5.63. The number of H-pyrrole nitrogens is 2. The number of imidazole rings is 1. The summed E-state index contributed by atoms with van der Waals surface area (Å²) in [6.07, 6.45) is 4.92. The van der Waals surface area contributed by atoms with Crippen molar-refractivity contribution in [2.45, 2.75) is 6.54 Å². The van der Waals surface area contributed by atoms with Crippen molar-refractivity contribution in [2.75, 3.05) is 14.1 Å². The molecular weight excluding hydrogens is 468 g/mol. The van der Waals surface area contributed by atoms with Gasteiger partial charge >= 0.3 is 0 Å². The van der Waals surface area contributed by atoms with Gasteiger partial charge in [-0.15, -0.1) is 11.3 Å². The molecule has 0 saturated carbocycles. The third-order valence-corrected chi connectivity index (χ3v) is 6.59. The Bertz CT molecular complexity index is 1700. The Labute approximate surface area is 202 Å². The van der Waals surface area contributed by atoms with Crippen LogP contribution in [0.15, 0.2) is 55.0 Å². The van der Waals surface area contributed by atoms with Crippen molar-refractivity contribution in [3.8, 4) is 33.2 Å². The second-order valence-electron chi connectivity index (χ2n) is 8.49. The number of nitrogens with zero attached hydrogens (tertiary/aromatic N) is 5. The Hall–Kier alpha value is -4.02. The molecule has 1 aromatic carbocycles. The monoisotopic (exact) mass is 487 g/mol. The largest absolute Gasteiger partial charge is 0.337 e. The van der Waals surface area contributed by atoms with Crippen molar-refractivity contribution >= 4 is 33.3 Å². The minimum absolute atomic E-state index is 0.194. The average molecular weight is 488 g/mol. The van der Waals surface area contributed by atoms with Gasteiger partial charge in [0.05, 0.1) is 28.1 Å². The van der Waals surface area contributed by atoms with Gasteiger partial charge in [-0.3, -0.25) is 15.1 Å². The molecule has 0 aliphatic rings. The van der Waals surface area contributed by atoms with Crippen LogP contribution in [0.5, 0.6) is 0 Å². The first kappa shape index (κ1) is 21.5. The van der Waals surface area contributed by atoms with Crippen LogP contribution < -0.4 is 0 Å².